The van der Waals surface area contributed by atoms with E-state index in [0.29, 0.717) is 6.54 Å². The molecule has 0 spiro atoms. The average molecular weight is 312 g/mol. The number of nitrogens with one attached hydrogen (secondary N) is 1. The number of carbonyl (C=O) groups is 1. The summed E-state index contributed by atoms with van der Waals surface area (Å²) in [4.78, 5) is 13.4. The molecule has 0 bridgehead atoms. The third-order valence-electron chi connectivity index (χ3n) is 3.11. The molecule has 0 radical (unpaired) electrons. The molecule has 2 rings (SSSR count). The first-order valence-corrected chi connectivity index (χ1v) is 6.43. The summed E-state index contributed by atoms with van der Waals surface area (Å²) in [7, 11) is 3.30. The number of nitrogens with zero attached hydrogens (tertiary/aromatic N) is 3. The minimum absolute atomic E-state index is 0.0941. The van der Waals surface area contributed by atoms with Crippen molar-refractivity contribution in [2.75, 3.05) is 12.4 Å². The minimum atomic E-state index is -4.44. The summed E-state index contributed by atoms with van der Waals surface area (Å²) < 4.78 is 39.5. The van der Waals surface area contributed by atoms with Crippen LogP contribution in [0, 0.1) is 0 Å². The molecule has 0 aliphatic carbocycles. The molecular weight excluding hydrogens is 297 g/mol. The van der Waals surface area contributed by atoms with Crippen LogP contribution in [0.25, 0.3) is 0 Å². The fourth-order valence-corrected chi connectivity index (χ4v) is 1.86. The Bertz CT molecular complexity index is 666. The van der Waals surface area contributed by atoms with Gasteiger partial charge in [0.05, 0.1) is 17.8 Å². The van der Waals surface area contributed by atoms with Gasteiger partial charge in [0.2, 0.25) is 0 Å². The van der Waals surface area contributed by atoms with E-state index in [1.165, 1.54) is 17.0 Å². The van der Waals surface area contributed by atoms with Crippen molar-refractivity contribution in [3.8, 4) is 0 Å². The first-order valence-electron chi connectivity index (χ1n) is 6.43. The number of aromatic nitrogens is 2. The molecule has 1 aromatic heterocycles. The molecule has 8 heteroatoms. The molecule has 0 atom stereocenters. The molecule has 0 saturated heterocycles. The lowest BCUT2D eigenvalue weighted by molar-refractivity contribution is -0.137. The zero-order valence-electron chi connectivity index (χ0n) is 12.1. The first kappa shape index (κ1) is 15.9. The predicted molar refractivity (Wildman–Crippen MR) is 75.1 cm³/mol. The van der Waals surface area contributed by atoms with Crippen LogP contribution in [-0.4, -0.2) is 27.8 Å². The number of benzene rings is 1. The van der Waals surface area contributed by atoms with Crippen LogP contribution in [0.5, 0.6) is 0 Å². The highest BCUT2D eigenvalue weighted by Crippen LogP contribution is 2.30. The SMILES string of the molecule is CN(Cc1ccnn1C)C(=O)Nc1cccc(C(F)(F)F)c1. The number of anilines is 1. The Balaban J connectivity index is 2.04. The Kier molecular flexibility index (Phi) is 4.39. The largest absolute Gasteiger partial charge is 0.416 e. The normalized spacial score (nSPS) is 11.3. The molecule has 1 N–H and O–H groups in total. The zero-order valence-corrected chi connectivity index (χ0v) is 12.1. The van der Waals surface area contributed by atoms with Crippen molar-refractivity contribution < 1.29 is 18.0 Å². The second-order valence-electron chi connectivity index (χ2n) is 4.81. The lowest BCUT2D eigenvalue weighted by Gasteiger charge is -2.18. The molecule has 1 heterocycles. The maximum absolute atomic E-state index is 12.6. The van der Waals surface area contributed by atoms with Crippen molar-refractivity contribution in [1.29, 1.82) is 0 Å². The maximum atomic E-state index is 12.6. The van der Waals surface area contributed by atoms with Gasteiger partial charge in [-0.25, -0.2) is 4.79 Å². The van der Waals surface area contributed by atoms with Crippen LogP contribution in [0.2, 0.25) is 0 Å². The van der Waals surface area contributed by atoms with E-state index in [1.807, 2.05) is 0 Å². The number of amides is 2. The summed E-state index contributed by atoms with van der Waals surface area (Å²) in [6.07, 6.45) is -2.84. The number of urea groups is 1. The smallest absolute Gasteiger partial charge is 0.322 e. The van der Waals surface area contributed by atoms with Crippen LogP contribution >= 0.6 is 0 Å². The number of carbonyl (C=O) groups excluding carboxylic acids is 1. The third kappa shape index (κ3) is 3.78. The topological polar surface area (TPSA) is 50.2 Å². The van der Waals surface area contributed by atoms with Crippen LogP contribution in [0.4, 0.5) is 23.7 Å². The number of alkyl halides is 3. The van der Waals surface area contributed by atoms with Crippen LogP contribution in [-0.2, 0) is 19.8 Å². The van der Waals surface area contributed by atoms with E-state index in [2.05, 4.69) is 10.4 Å². The quantitative estimate of drug-likeness (QED) is 0.947. The fraction of sp³-hybridized carbons (Fsp3) is 0.286. The van der Waals surface area contributed by atoms with Crippen molar-refractivity contribution in [2.45, 2.75) is 12.7 Å². The van der Waals surface area contributed by atoms with Crippen molar-refractivity contribution in [1.82, 2.24) is 14.7 Å². The third-order valence-corrected chi connectivity index (χ3v) is 3.11. The molecule has 22 heavy (non-hydrogen) atoms. The van der Waals surface area contributed by atoms with Gasteiger partial charge in [0.1, 0.15) is 0 Å². The summed E-state index contributed by atoms with van der Waals surface area (Å²) in [5, 5.41) is 6.43. The Morgan fingerprint density at radius 1 is 1.36 bits per heavy atom. The number of hydrogen-bond donors (Lipinski definition) is 1. The Labute approximate surface area is 125 Å². The summed E-state index contributed by atoms with van der Waals surface area (Å²) in [6, 6.07) is 5.77. The fourth-order valence-electron chi connectivity index (χ4n) is 1.86. The summed E-state index contributed by atoms with van der Waals surface area (Å²) >= 11 is 0. The Hall–Kier alpha value is -2.51. The summed E-state index contributed by atoms with van der Waals surface area (Å²) in [6.45, 7) is 0.293. The maximum Gasteiger partial charge on any atom is 0.416 e. The van der Waals surface area contributed by atoms with Gasteiger partial charge >= 0.3 is 12.2 Å². The molecule has 118 valence electrons. The van der Waals surface area contributed by atoms with Gasteiger partial charge in [-0.2, -0.15) is 18.3 Å². The Morgan fingerprint density at radius 2 is 2.09 bits per heavy atom. The molecule has 0 aliphatic rings. The van der Waals surface area contributed by atoms with E-state index in [-0.39, 0.29) is 5.69 Å². The van der Waals surface area contributed by atoms with Crippen LogP contribution in [0.3, 0.4) is 0 Å². The van der Waals surface area contributed by atoms with E-state index in [0.717, 1.165) is 17.8 Å². The number of aryl methyl sites for hydroxylation is 1. The van der Waals surface area contributed by atoms with E-state index >= 15 is 0 Å². The Morgan fingerprint density at radius 3 is 2.68 bits per heavy atom. The molecule has 0 unspecified atom stereocenters. The van der Waals surface area contributed by atoms with Gasteiger partial charge in [-0.1, -0.05) is 6.07 Å². The van der Waals surface area contributed by atoms with Gasteiger partial charge in [0.25, 0.3) is 0 Å². The van der Waals surface area contributed by atoms with Gasteiger partial charge in [0, 0.05) is 26.0 Å². The highest BCUT2D eigenvalue weighted by atomic mass is 19.4. The second-order valence-corrected chi connectivity index (χ2v) is 4.81. The van der Waals surface area contributed by atoms with Crippen LogP contribution in [0.1, 0.15) is 11.3 Å². The minimum Gasteiger partial charge on any atom is -0.322 e. The van der Waals surface area contributed by atoms with Gasteiger partial charge in [0.15, 0.2) is 0 Å². The standard InChI is InChI=1S/C14H15F3N4O/c1-20(9-12-6-7-18-21(12)2)13(22)19-11-5-3-4-10(8-11)14(15,16)17/h3-8H,9H2,1-2H3,(H,19,22). The summed E-state index contributed by atoms with van der Waals surface area (Å²) in [5.41, 5.74) is 0.0953. The monoisotopic (exact) mass is 312 g/mol. The molecule has 0 saturated carbocycles. The summed E-state index contributed by atoms with van der Waals surface area (Å²) in [5.74, 6) is 0. The van der Waals surface area contributed by atoms with Crippen molar-refractivity contribution in [2.24, 2.45) is 7.05 Å². The highest BCUT2D eigenvalue weighted by Gasteiger charge is 2.30. The zero-order chi connectivity index (χ0) is 16.3. The van der Waals surface area contributed by atoms with Crippen LogP contribution in [0.15, 0.2) is 36.5 Å². The average Bonchev–Trinajstić information content (AvgIpc) is 2.83. The lowest BCUT2D eigenvalue weighted by atomic mass is 10.2. The molecular formula is C14H15F3N4O. The molecule has 2 aromatic rings. The van der Waals surface area contributed by atoms with E-state index in [9.17, 15) is 18.0 Å². The second kappa shape index (κ2) is 6.08. The first-order chi connectivity index (χ1) is 10.3. The lowest BCUT2D eigenvalue weighted by Crippen LogP contribution is -2.31. The van der Waals surface area contributed by atoms with Gasteiger partial charge in [-0.05, 0) is 24.3 Å². The van der Waals surface area contributed by atoms with Crippen LogP contribution < -0.4 is 5.32 Å². The number of hydrogen-bond acceptors (Lipinski definition) is 2. The molecule has 0 aliphatic heterocycles. The van der Waals surface area contributed by atoms with Gasteiger partial charge < -0.3 is 10.2 Å². The van der Waals surface area contributed by atoms with Crippen molar-refractivity contribution in [3.05, 3.63) is 47.8 Å². The highest BCUT2D eigenvalue weighted by molar-refractivity contribution is 5.89. The van der Waals surface area contributed by atoms with Gasteiger partial charge in [-0.3, -0.25) is 4.68 Å². The van der Waals surface area contributed by atoms with E-state index in [1.54, 1.807) is 31.0 Å². The van der Waals surface area contributed by atoms with E-state index < -0.39 is 17.8 Å². The van der Waals surface area contributed by atoms with Crippen molar-refractivity contribution >= 4 is 11.7 Å². The molecule has 0 fully saturated rings. The molecule has 5 nitrogen and oxygen atoms in total. The molecule has 1 aromatic carbocycles. The van der Waals surface area contributed by atoms with E-state index in [4.69, 9.17) is 0 Å². The number of rotatable bonds is 3. The molecule has 2 amide bonds. The van der Waals surface area contributed by atoms with Crippen molar-refractivity contribution in [3.63, 3.8) is 0 Å². The number of halogens is 3. The predicted octanol–water partition coefficient (Wildman–Crippen LogP) is 3.10. The van der Waals surface area contributed by atoms with Gasteiger partial charge in [-0.15, -0.1) is 0 Å².